The molecule has 1 N–H and O–H groups in total. The van der Waals surface area contributed by atoms with E-state index in [0.29, 0.717) is 5.69 Å². The van der Waals surface area contributed by atoms with Gasteiger partial charge in [-0.3, -0.25) is 9.10 Å². The Kier molecular flexibility index (Phi) is 6.42. The lowest BCUT2D eigenvalue weighted by molar-refractivity contribution is -0.122. The van der Waals surface area contributed by atoms with Crippen LogP contribution in [0.3, 0.4) is 0 Å². The van der Waals surface area contributed by atoms with Crippen LogP contribution in [-0.2, 0) is 21.2 Å². The third-order valence-corrected chi connectivity index (χ3v) is 5.59. The molecule has 0 aliphatic carbocycles. The molecule has 140 valence electrons. The molecule has 0 unspecified atom stereocenters. The quantitative estimate of drug-likeness (QED) is 0.809. The highest BCUT2D eigenvalue weighted by molar-refractivity contribution is 7.92. The lowest BCUT2D eigenvalue weighted by Gasteiger charge is -2.29. The molecule has 0 aliphatic heterocycles. The molecular weight excluding hydrogens is 348 g/mol. The Bertz CT molecular complexity index is 833. The molecule has 6 heteroatoms. The second-order valence-corrected chi connectivity index (χ2v) is 8.26. The predicted octanol–water partition coefficient (Wildman–Crippen LogP) is 3.28. The van der Waals surface area contributed by atoms with E-state index in [2.05, 4.69) is 5.32 Å². The molecule has 2 aromatic rings. The number of aryl methyl sites for hydroxylation is 1. The van der Waals surface area contributed by atoms with Gasteiger partial charge in [-0.05, 0) is 43.5 Å². The predicted molar refractivity (Wildman–Crippen MR) is 106 cm³/mol. The highest BCUT2D eigenvalue weighted by Crippen LogP contribution is 2.22. The minimum atomic E-state index is -3.61. The van der Waals surface area contributed by atoms with Crippen LogP contribution in [0.1, 0.15) is 37.9 Å². The second-order valence-electron chi connectivity index (χ2n) is 6.40. The van der Waals surface area contributed by atoms with Crippen LogP contribution in [0.5, 0.6) is 0 Å². The maximum atomic E-state index is 12.7. The first-order chi connectivity index (χ1) is 12.2. The second kappa shape index (κ2) is 8.36. The first-order valence-corrected chi connectivity index (χ1v) is 10.5. The fourth-order valence-electron chi connectivity index (χ4n) is 2.85. The van der Waals surface area contributed by atoms with E-state index in [0.717, 1.165) is 23.8 Å². The molecule has 0 spiro atoms. The number of amides is 1. The lowest BCUT2D eigenvalue weighted by Crippen LogP contribution is -2.48. The van der Waals surface area contributed by atoms with Gasteiger partial charge in [0.15, 0.2) is 0 Å². The van der Waals surface area contributed by atoms with Crippen molar-refractivity contribution < 1.29 is 13.2 Å². The Labute approximate surface area is 156 Å². The normalized spacial score (nSPS) is 13.7. The summed E-state index contributed by atoms with van der Waals surface area (Å²) < 4.78 is 25.8. The number of nitrogens with one attached hydrogen (secondary N) is 1. The molecule has 0 heterocycles. The third-order valence-electron chi connectivity index (χ3n) is 4.35. The molecular formula is C20H26N2O3S. The van der Waals surface area contributed by atoms with Crippen molar-refractivity contribution in [1.29, 1.82) is 0 Å². The van der Waals surface area contributed by atoms with Crippen LogP contribution < -0.4 is 9.62 Å². The maximum absolute atomic E-state index is 12.7. The van der Waals surface area contributed by atoms with Gasteiger partial charge in [-0.2, -0.15) is 0 Å². The number of benzene rings is 2. The average molecular weight is 375 g/mol. The molecule has 26 heavy (non-hydrogen) atoms. The number of nitrogens with zero attached hydrogens (tertiary/aromatic N) is 1. The van der Waals surface area contributed by atoms with E-state index in [4.69, 9.17) is 0 Å². The average Bonchev–Trinajstić information content (AvgIpc) is 2.61. The third kappa shape index (κ3) is 4.85. The summed E-state index contributed by atoms with van der Waals surface area (Å²) in [4.78, 5) is 12.7. The molecule has 2 aromatic carbocycles. The van der Waals surface area contributed by atoms with Crippen molar-refractivity contribution in [3.8, 4) is 0 Å². The van der Waals surface area contributed by atoms with E-state index >= 15 is 0 Å². The van der Waals surface area contributed by atoms with Crippen molar-refractivity contribution in [3.05, 3.63) is 65.7 Å². The summed E-state index contributed by atoms with van der Waals surface area (Å²) in [5, 5.41) is 2.90. The van der Waals surface area contributed by atoms with Gasteiger partial charge in [0.1, 0.15) is 6.04 Å². The summed E-state index contributed by atoms with van der Waals surface area (Å²) in [6.45, 7) is 5.51. The van der Waals surface area contributed by atoms with Crippen LogP contribution >= 0.6 is 0 Å². The van der Waals surface area contributed by atoms with E-state index < -0.39 is 16.1 Å². The van der Waals surface area contributed by atoms with E-state index in [9.17, 15) is 13.2 Å². The van der Waals surface area contributed by atoms with E-state index in [1.54, 1.807) is 19.1 Å². The smallest absolute Gasteiger partial charge is 0.244 e. The van der Waals surface area contributed by atoms with Gasteiger partial charge in [0, 0.05) is 0 Å². The molecule has 0 aromatic heterocycles. The van der Waals surface area contributed by atoms with Gasteiger partial charge in [0.2, 0.25) is 15.9 Å². The van der Waals surface area contributed by atoms with Crippen molar-refractivity contribution in [2.75, 3.05) is 10.6 Å². The maximum Gasteiger partial charge on any atom is 0.244 e. The summed E-state index contributed by atoms with van der Waals surface area (Å²) in [6.07, 6.45) is 1.98. The van der Waals surface area contributed by atoms with Gasteiger partial charge >= 0.3 is 0 Å². The number of sulfonamides is 1. The molecule has 0 saturated carbocycles. The first-order valence-electron chi connectivity index (χ1n) is 8.67. The number of carbonyl (C=O) groups is 1. The highest BCUT2D eigenvalue weighted by atomic mass is 32.2. The van der Waals surface area contributed by atoms with Crippen molar-refractivity contribution >= 4 is 21.6 Å². The Morgan fingerprint density at radius 2 is 1.62 bits per heavy atom. The fraction of sp³-hybridized carbons (Fsp3) is 0.350. The van der Waals surface area contributed by atoms with E-state index in [-0.39, 0.29) is 11.9 Å². The van der Waals surface area contributed by atoms with Crippen molar-refractivity contribution in [2.45, 2.75) is 39.3 Å². The monoisotopic (exact) mass is 374 g/mol. The van der Waals surface area contributed by atoms with Crippen LogP contribution in [0.4, 0.5) is 5.69 Å². The summed E-state index contributed by atoms with van der Waals surface area (Å²) in [6, 6.07) is 15.7. The standard InChI is InChI=1S/C20H26N2O3S/c1-5-17-11-13-19(14-12-17)22(26(4,24)25)16(3)20(23)21-15(2)18-9-7-6-8-10-18/h6-16H,5H2,1-4H3,(H,21,23)/t15-,16+/m0/s1. The van der Waals surface area contributed by atoms with Gasteiger partial charge in [-0.1, -0.05) is 49.4 Å². The summed E-state index contributed by atoms with van der Waals surface area (Å²) >= 11 is 0. The summed E-state index contributed by atoms with van der Waals surface area (Å²) in [5.74, 6) is -0.341. The molecule has 2 rings (SSSR count). The van der Waals surface area contributed by atoms with Crippen molar-refractivity contribution in [3.63, 3.8) is 0 Å². The number of carbonyl (C=O) groups excluding carboxylic acids is 1. The topological polar surface area (TPSA) is 66.5 Å². The zero-order valence-corrected chi connectivity index (χ0v) is 16.5. The zero-order chi connectivity index (χ0) is 19.3. The molecule has 0 radical (unpaired) electrons. The molecule has 5 nitrogen and oxygen atoms in total. The van der Waals surface area contributed by atoms with Crippen molar-refractivity contribution in [2.24, 2.45) is 0 Å². The Morgan fingerprint density at radius 1 is 1.04 bits per heavy atom. The van der Waals surface area contributed by atoms with Gasteiger partial charge < -0.3 is 5.32 Å². The molecule has 0 aliphatic rings. The molecule has 0 bridgehead atoms. The molecule has 1 amide bonds. The Balaban J connectivity index is 2.23. The van der Waals surface area contributed by atoms with Crippen LogP contribution in [0, 0.1) is 0 Å². The first kappa shape index (κ1) is 20.0. The number of hydrogen-bond acceptors (Lipinski definition) is 3. The van der Waals surface area contributed by atoms with Gasteiger partial charge in [0.05, 0.1) is 18.0 Å². The van der Waals surface area contributed by atoms with Crippen molar-refractivity contribution in [1.82, 2.24) is 5.32 Å². The molecule has 2 atom stereocenters. The van der Waals surface area contributed by atoms with Crippen LogP contribution in [0.15, 0.2) is 54.6 Å². The van der Waals surface area contributed by atoms with E-state index in [1.807, 2.05) is 56.3 Å². The van der Waals surface area contributed by atoms with Gasteiger partial charge in [0.25, 0.3) is 0 Å². The van der Waals surface area contributed by atoms with Gasteiger partial charge in [-0.15, -0.1) is 0 Å². The SMILES string of the molecule is CCc1ccc(N([C@H](C)C(=O)N[C@@H](C)c2ccccc2)S(C)(=O)=O)cc1. The van der Waals surface area contributed by atoms with E-state index in [1.165, 1.54) is 4.31 Å². The Hall–Kier alpha value is -2.34. The lowest BCUT2D eigenvalue weighted by atomic mass is 10.1. The summed E-state index contributed by atoms with van der Waals surface area (Å²) in [5.41, 5.74) is 2.56. The molecule has 0 fully saturated rings. The Morgan fingerprint density at radius 3 is 2.12 bits per heavy atom. The molecule has 0 saturated heterocycles. The van der Waals surface area contributed by atoms with Crippen LogP contribution in [0.2, 0.25) is 0 Å². The summed E-state index contributed by atoms with van der Waals surface area (Å²) in [7, 11) is -3.61. The number of hydrogen-bond donors (Lipinski definition) is 1. The fourth-order valence-corrected chi connectivity index (χ4v) is 4.02. The number of rotatable bonds is 7. The zero-order valence-electron chi connectivity index (χ0n) is 15.6. The minimum Gasteiger partial charge on any atom is -0.348 e. The number of anilines is 1. The minimum absolute atomic E-state index is 0.213. The van der Waals surface area contributed by atoms with Gasteiger partial charge in [-0.25, -0.2) is 8.42 Å². The largest absolute Gasteiger partial charge is 0.348 e. The van der Waals surface area contributed by atoms with Crippen LogP contribution in [0.25, 0.3) is 0 Å². The van der Waals surface area contributed by atoms with Crippen LogP contribution in [-0.4, -0.2) is 26.6 Å². The highest BCUT2D eigenvalue weighted by Gasteiger charge is 2.29.